The Bertz CT molecular complexity index is 641. The second kappa shape index (κ2) is 10.0. The number of aromatic nitrogens is 2. The number of H-pyrrole nitrogens is 1. The molecule has 0 amide bonds. The summed E-state index contributed by atoms with van der Waals surface area (Å²) in [5, 5.41) is 0. The van der Waals surface area contributed by atoms with Gasteiger partial charge in [0.2, 0.25) is 0 Å². The smallest absolute Gasteiger partial charge is 0.432 e. The third-order valence-corrected chi connectivity index (χ3v) is 3.86. The van der Waals surface area contributed by atoms with Crippen LogP contribution in [0, 0.1) is 11.8 Å². The van der Waals surface area contributed by atoms with Crippen molar-refractivity contribution in [1.29, 1.82) is 0 Å². The molecule has 0 fully saturated rings. The molecule has 1 atom stereocenters. The highest BCUT2D eigenvalue weighted by Gasteiger charge is 2.23. The predicted octanol–water partition coefficient (Wildman–Crippen LogP) is 1.78. The highest BCUT2D eigenvalue weighted by atomic mass is 16.7. The maximum atomic E-state index is 11.9. The normalized spacial score (nSPS) is 12.6. The van der Waals surface area contributed by atoms with Crippen molar-refractivity contribution in [3.8, 4) is 0 Å². The minimum absolute atomic E-state index is 0.0242. The first-order chi connectivity index (χ1) is 11.7. The van der Waals surface area contributed by atoms with E-state index in [2.05, 4.69) is 4.98 Å². The molecule has 0 saturated heterocycles. The van der Waals surface area contributed by atoms with Crippen LogP contribution in [0.5, 0.6) is 0 Å². The quantitative estimate of drug-likeness (QED) is 0.677. The Morgan fingerprint density at radius 2 is 1.84 bits per heavy atom. The van der Waals surface area contributed by atoms with Gasteiger partial charge in [-0.1, -0.05) is 27.7 Å². The van der Waals surface area contributed by atoms with Crippen molar-refractivity contribution >= 4 is 6.16 Å². The van der Waals surface area contributed by atoms with Crippen molar-refractivity contribution in [3.05, 3.63) is 33.1 Å². The largest absolute Gasteiger partial charge is 0.508 e. The number of nitrogens with one attached hydrogen (secondary N) is 1. The minimum atomic E-state index is -0.726. The average Bonchev–Trinajstić information content (AvgIpc) is 2.53. The van der Waals surface area contributed by atoms with E-state index in [1.165, 1.54) is 23.9 Å². The van der Waals surface area contributed by atoms with Gasteiger partial charge in [-0.15, -0.1) is 0 Å². The molecule has 0 bridgehead atoms. The summed E-state index contributed by atoms with van der Waals surface area (Å²) in [4.78, 5) is 36.7. The predicted molar refractivity (Wildman–Crippen MR) is 92.6 cm³/mol. The van der Waals surface area contributed by atoms with Gasteiger partial charge in [0.25, 0.3) is 5.56 Å². The highest BCUT2D eigenvalue weighted by Crippen LogP contribution is 2.17. The molecule has 0 radical (unpaired) electrons. The Morgan fingerprint density at radius 1 is 1.20 bits per heavy atom. The monoisotopic (exact) mass is 356 g/mol. The molecule has 1 unspecified atom stereocenters. The van der Waals surface area contributed by atoms with E-state index < -0.39 is 17.4 Å². The molecule has 1 N–H and O–H groups in total. The van der Waals surface area contributed by atoms with E-state index in [1.807, 2.05) is 27.7 Å². The minimum Gasteiger partial charge on any atom is -0.432 e. The van der Waals surface area contributed by atoms with Crippen molar-refractivity contribution in [3.63, 3.8) is 0 Å². The first-order valence-electron chi connectivity index (χ1n) is 8.40. The Morgan fingerprint density at radius 3 is 2.36 bits per heavy atom. The summed E-state index contributed by atoms with van der Waals surface area (Å²) in [6.07, 6.45) is 0.527. The lowest BCUT2D eigenvalue weighted by atomic mass is 9.96. The Kier molecular flexibility index (Phi) is 8.40. The Balaban J connectivity index is 2.49. The van der Waals surface area contributed by atoms with Crippen molar-refractivity contribution in [2.45, 2.75) is 52.9 Å². The van der Waals surface area contributed by atoms with Gasteiger partial charge in [0.1, 0.15) is 12.7 Å². The van der Waals surface area contributed by atoms with Gasteiger partial charge < -0.3 is 18.8 Å². The van der Waals surface area contributed by atoms with Gasteiger partial charge in [0.15, 0.2) is 0 Å². The van der Waals surface area contributed by atoms with Gasteiger partial charge in [-0.2, -0.15) is 0 Å². The second-order valence-corrected chi connectivity index (χ2v) is 6.58. The van der Waals surface area contributed by atoms with Crippen LogP contribution in [0.2, 0.25) is 0 Å². The second-order valence-electron chi connectivity index (χ2n) is 6.58. The van der Waals surface area contributed by atoms with Crippen molar-refractivity contribution < 1.29 is 19.0 Å². The molecule has 0 spiro atoms. The van der Waals surface area contributed by atoms with Crippen molar-refractivity contribution in [1.82, 2.24) is 9.55 Å². The zero-order chi connectivity index (χ0) is 19.0. The fourth-order valence-electron chi connectivity index (χ4n) is 2.52. The van der Waals surface area contributed by atoms with Crippen LogP contribution in [0.25, 0.3) is 0 Å². The van der Waals surface area contributed by atoms with Crippen LogP contribution in [0.3, 0.4) is 0 Å². The molecule has 0 aliphatic rings. The van der Waals surface area contributed by atoms with E-state index in [0.717, 1.165) is 0 Å². The maximum absolute atomic E-state index is 11.9. The Labute approximate surface area is 147 Å². The van der Waals surface area contributed by atoms with E-state index in [9.17, 15) is 14.4 Å². The summed E-state index contributed by atoms with van der Waals surface area (Å²) in [6, 6.07) is 1.27. The summed E-state index contributed by atoms with van der Waals surface area (Å²) in [5.74, 6) is 0.385. The maximum Gasteiger partial charge on any atom is 0.508 e. The van der Waals surface area contributed by atoms with Gasteiger partial charge in [-0.05, 0) is 18.3 Å². The number of aromatic amines is 1. The molecule has 0 aliphatic carbocycles. The Hall–Kier alpha value is -2.09. The molecule has 1 aromatic heterocycles. The van der Waals surface area contributed by atoms with Crippen LogP contribution in [0.1, 0.15) is 34.1 Å². The lowest BCUT2D eigenvalue weighted by Gasteiger charge is -2.25. The third-order valence-electron chi connectivity index (χ3n) is 3.86. The lowest BCUT2D eigenvalue weighted by Crippen LogP contribution is -2.32. The third kappa shape index (κ3) is 7.13. The van der Waals surface area contributed by atoms with E-state index in [0.29, 0.717) is 13.0 Å². The van der Waals surface area contributed by atoms with Crippen LogP contribution >= 0.6 is 0 Å². The van der Waals surface area contributed by atoms with Crippen LogP contribution in [-0.2, 0) is 20.8 Å². The first-order valence-corrected chi connectivity index (χ1v) is 8.40. The molecule has 8 heteroatoms. The van der Waals surface area contributed by atoms with Gasteiger partial charge >= 0.3 is 11.8 Å². The molecule has 0 aromatic carbocycles. The zero-order valence-corrected chi connectivity index (χ0v) is 15.5. The summed E-state index contributed by atoms with van der Waals surface area (Å²) in [6.45, 7) is 8.29. The molecule has 1 heterocycles. The molecule has 8 nitrogen and oxygen atoms in total. The van der Waals surface area contributed by atoms with Gasteiger partial charge in [0, 0.05) is 25.9 Å². The summed E-state index contributed by atoms with van der Waals surface area (Å²) >= 11 is 0. The number of ether oxygens (including phenoxy) is 3. The van der Waals surface area contributed by atoms with E-state index in [4.69, 9.17) is 14.2 Å². The fraction of sp³-hybridized carbons (Fsp3) is 0.706. The zero-order valence-electron chi connectivity index (χ0n) is 15.5. The van der Waals surface area contributed by atoms with E-state index in [-0.39, 0.29) is 30.7 Å². The number of carbonyl (C=O) groups excluding carboxylic acids is 1. The first kappa shape index (κ1) is 21.0. The number of nitrogens with zero attached hydrogens (tertiary/aromatic N) is 1. The number of aryl methyl sites for hydroxylation is 1. The van der Waals surface area contributed by atoms with Crippen LogP contribution < -0.4 is 11.2 Å². The summed E-state index contributed by atoms with van der Waals surface area (Å²) < 4.78 is 17.1. The SMILES string of the molecule is COC(CCn1ccc(=O)[nH]c1=O)COC(=O)OC(C(C)C)C(C)C. The number of hydrogen-bond acceptors (Lipinski definition) is 6. The standard InChI is InChI=1S/C17H28N2O6/c1-11(2)15(12(3)4)25-17(22)24-10-13(23-5)6-8-19-9-7-14(20)18-16(19)21/h7,9,11-13,15H,6,8,10H2,1-5H3,(H,18,20,21). The molecular weight excluding hydrogens is 328 g/mol. The summed E-state index contributed by atoms with van der Waals surface area (Å²) in [7, 11) is 1.50. The number of carbonyl (C=O) groups is 1. The molecule has 1 aromatic rings. The topological polar surface area (TPSA) is 99.6 Å². The van der Waals surface area contributed by atoms with E-state index >= 15 is 0 Å². The van der Waals surface area contributed by atoms with Crippen molar-refractivity contribution in [2.75, 3.05) is 13.7 Å². The number of methoxy groups -OCH3 is 1. The van der Waals surface area contributed by atoms with Gasteiger partial charge in [0.05, 0.1) is 6.10 Å². The fourth-order valence-corrected chi connectivity index (χ4v) is 2.52. The van der Waals surface area contributed by atoms with Crippen LogP contribution in [0.15, 0.2) is 21.9 Å². The number of rotatable bonds is 9. The van der Waals surface area contributed by atoms with Crippen LogP contribution in [-0.4, -0.2) is 41.6 Å². The molecule has 142 valence electrons. The number of hydrogen-bond donors (Lipinski definition) is 1. The average molecular weight is 356 g/mol. The van der Waals surface area contributed by atoms with E-state index in [1.54, 1.807) is 0 Å². The highest BCUT2D eigenvalue weighted by molar-refractivity contribution is 5.60. The molecular formula is C17H28N2O6. The molecule has 1 rings (SSSR count). The molecule has 25 heavy (non-hydrogen) atoms. The molecule has 0 aliphatic heterocycles. The van der Waals surface area contributed by atoms with Gasteiger partial charge in [-0.25, -0.2) is 9.59 Å². The lowest BCUT2D eigenvalue weighted by molar-refractivity contribution is -0.0353. The summed E-state index contributed by atoms with van der Waals surface area (Å²) in [5.41, 5.74) is -0.931. The molecule has 0 saturated carbocycles. The van der Waals surface area contributed by atoms with Gasteiger partial charge in [-0.3, -0.25) is 9.78 Å². The van der Waals surface area contributed by atoms with Crippen LogP contribution in [0.4, 0.5) is 4.79 Å². The van der Waals surface area contributed by atoms with Crippen molar-refractivity contribution in [2.24, 2.45) is 11.8 Å².